The zero-order chi connectivity index (χ0) is 19.5. The Balaban J connectivity index is 2.51. The number of sulfonamides is 1. The van der Waals surface area contributed by atoms with Gasteiger partial charge in [0.1, 0.15) is 6.04 Å². The van der Waals surface area contributed by atoms with Gasteiger partial charge in [0.05, 0.1) is 4.90 Å². The zero-order valence-electron chi connectivity index (χ0n) is 14.8. The number of anilines is 1. The van der Waals surface area contributed by atoms with Gasteiger partial charge in [-0.15, -0.1) is 0 Å². The number of aliphatic carboxylic acids is 1. The Kier molecular flexibility index (Phi) is 5.99. The van der Waals surface area contributed by atoms with Crippen molar-refractivity contribution in [2.75, 3.05) is 5.32 Å². The summed E-state index contributed by atoms with van der Waals surface area (Å²) in [5, 5.41) is 12.9. The van der Waals surface area contributed by atoms with Crippen LogP contribution in [0.2, 0.25) is 0 Å². The first kappa shape index (κ1) is 19.9. The maximum absolute atomic E-state index is 12.8. The number of carbonyl (C=O) groups excluding carboxylic acids is 1. The van der Waals surface area contributed by atoms with E-state index in [9.17, 15) is 23.1 Å². The molecule has 0 spiro atoms. The highest BCUT2D eigenvalue weighted by atomic mass is 32.2. The second-order valence-corrected chi connectivity index (χ2v) is 8.16. The van der Waals surface area contributed by atoms with E-state index < -0.39 is 22.0 Å². The summed E-state index contributed by atoms with van der Waals surface area (Å²) in [5.74, 6) is -1.48. The molecule has 7 nitrogen and oxygen atoms in total. The van der Waals surface area contributed by atoms with Crippen LogP contribution in [0.4, 0.5) is 5.69 Å². The van der Waals surface area contributed by atoms with Crippen LogP contribution in [0.15, 0.2) is 41.3 Å². The van der Waals surface area contributed by atoms with Gasteiger partial charge in [-0.1, -0.05) is 38.1 Å². The van der Waals surface area contributed by atoms with Crippen LogP contribution < -0.4 is 10.0 Å². The highest BCUT2D eigenvalue weighted by Crippen LogP contribution is 2.29. The number of fused-ring (bicyclic) bond motifs is 1. The van der Waals surface area contributed by atoms with E-state index in [1.807, 2.05) is 13.8 Å². The summed E-state index contributed by atoms with van der Waals surface area (Å²) in [6.07, 6.45) is 0.177. The number of nitrogens with one attached hydrogen (secondary N) is 2. The second-order valence-electron chi connectivity index (χ2n) is 6.48. The largest absolute Gasteiger partial charge is 0.480 e. The SMILES string of the molecule is CC(=O)Nc1ccc(S(=O)(=O)N[C@@H](CC(C)C)C(=O)O)c2ccccc12. The molecular weight excluding hydrogens is 356 g/mol. The first-order valence-electron chi connectivity index (χ1n) is 8.16. The normalized spacial score (nSPS) is 12.9. The molecule has 140 valence electrons. The molecule has 0 aliphatic rings. The van der Waals surface area contributed by atoms with E-state index >= 15 is 0 Å². The maximum atomic E-state index is 12.8. The highest BCUT2D eigenvalue weighted by molar-refractivity contribution is 7.89. The fourth-order valence-electron chi connectivity index (χ4n) is 2.73. The predicted molar refractivity (Wildman–Crippen MR) is 99.5 cm³/mol. The van der Waals surface area contributed by atoms with Gasteiger partial charge in [-0.25, -0.2) is 8.42 Å². The molecule has 0 aliphatic carbocycles. The van der Waals surface area contributed by atoms with E-state index in [4.69, 9.17) is 0 Å². The van der Waals surface area contributed by atoms with Crippen molar-refractivity contribution in [3.05, 3.63) is 36.4 Å². The van der Waals surface area contributed by atoms with E-state index in [-0.39, 0.29) is 23.1 Å². The standard InChI is InChI=1S/C18H22N2O5S/c1-11(2)10-16(18(22)23)20-26(24,25)17-9-8-15(19-12(3)21)13-6-4-5-7-14(13)17/h4-9,11,16,20H,10H2,1-3H3,(H,19,21)(H,22,23)/t16-/m0/s1. The molecule has 0 fully saturated rings. The van der Waals surface area contributed by atoms with Crippen LogP contribution in [0, 0.1) is 5.92 Å². The monoisotopic (exact) mass is 378 g/mol. The van der Waals surface area contributed by atoms with Crippen LogP contribution in [0.25, 0.3) is 10.8 Å². The Morgan fingerprint density at radius 3 is 2.23 bits per heavy atom. The van der Waals surface area contributed by atoms with Crippen molar-refractivity contribution in [2.45, 2.75) is 38.1 Å². The molecule has 3 N–H and O–H groups in total. The van der Waals surface area contributed by atoms with Gasteiger partial charge in [0.25, 0.3) is 0 Å². The first-order chi connectivity index (χ1) is 12.1. The Hall–Kier alpha value is -2.45. The lowest BCUT2D eigenvalue weighted by Gasteiger charge is -2.18. The van der Waals surface area contributed by atoms with Gasteiger partial charge in [-0.2, -0.15) is 4.72 Å². The van der Waals surface area contributed by atoms with Crippen molar-refractivity contribution in [1.29, 1.82) is 0 Å². The van der Waals surface area contributed by atoms with Crippen LogP contribution in [0.3, 0.4) is 0 Å². The van der Waals surface area contributed by atoms with Crippen LogP contribution in [-0.4, -0.2) is 31.4 Å². The van der Waals surface area contributed by atoms with Crippen molar-refractivity contribution in [3.63, 3.8) is 0 Å². The molecule has 2 rings (SSSR count). The quantitative estimate of drug-likeness (QED) is 0.685. The average Bonchev–Trinajstić information content (AvgIpc) is 2.53. The van der Waals surface area contributed by atoms with Gasteiger partial charge < -0.3 is 10.4 Å². The number of carbonyl (C=O) groups is 2. The van der Waals surface area contributed by atoms with Crippen molar-refractivity contribution in [1.82, 2.24) is 4.72 Å². The Bertz CT molecular complexity index is 938. The summed E-state index contributed by atoms with van der Waals surface area (Å²) >= 11 is 0. The van der Waals surface area contributed by atoms with Crippen molar-refractivity contribution in [2.24, 2.45) is 5.92 Å². The second kappa shape index (κ2) is 7.84. The van der Waals surface area contributed by atoms with Gasteiger partial charge in [0.15, 0.2) is 0 Å². The first-order valence-corrected chi connectivity index (χ1v) is 9.64. The maximum Gasteiger partial charge on any atom is 0.321 e. The predicted octanol–water partition coefficient (Wildman–Crippen LogP) is 2.58. The third kappa shape index (κ3) is 4.59. The molecule has 8 heteroatoms. The molecule has 2 aromatic rings. The van der Waals surface area contributed by atoms with Gasteiger partial charge in [0.2, 0.25) is 15.9 Å². The molecule has 2 aromatic carbocycles. The number of carboxylic acid groups (broad SMARTS) is 1. The number of rotatable bonds is 7. The fraction of sp³-hybridized carbons (Fsp3) is 0.333. The van der Waals surface area contributed by atoms with Gasteiger partial charge >= 0.3 is 5.97 Å². The number of benzene rings is 2. The summed E-state index contributed by atoms with van der Waals surface area (Å²) in [6.45, 7) is 5.01. The fourth-order valence-corrected chi connectivity index (χ4v) is 4.14. The van der Waals surface area contributed by atoms with E-state index in [2.05, 4.69) is 10.0 Å². The molecule has 1 amide bonds. The zero-order valence-corrected chi connectivity index (χ0v) is 15.6. The Labute approximate surface area is 152 Å². The summed E-state index contributed by atoms with van der Waals surface area (Å²) < 4.78 is 27.9. The highest BCUT2D eigenvalue weighted by Gasteiger charge is 2.27. The van der Waals surface area contributed by atoms with Crippen LogP contribution in [0.5, 0.6) is 0 Å². The molecule has 1 atom stereocenters. The summed E-state index contributed by atoms with van der Waals surface area (Å²) in [6, 6.07) is 8.38. The number of carboxylic acids is 1. The summed E-state index contributed by atoms with van der Waals surface area (Å²) in [7, 11) is -4.07. The summed E-state index contributed by atoms with van der Waals surface area (Å²) in [4.78, 5) is 22.7. The van der Waals surface area contributed by atoms with E-state index in [1.165, 1.54) is 19.1 Å². The van der Waals surface area contributed by atoms with Gasteiger partial charge in [-0.05, 0) is 24.5 Å². The molecule has 0 bridgehead atoms. The third-order valence-corrected chi connectivity index (χ3v) is 5.32. The van der Waals surface area contributed by atoms with E-state index in [1.54, 1.807) is 24.3 Å². The molecule has 0 radical (unpaired) electrons. The molecule has 26 heavy (non-hydrogen) atoms. The molecule has 0 unspecified atom stereocenters. The molecule has 0 aromatic heterocycles. The van der Waals surface area contributed by atoms with Gasteiger partial charge in [0, 0.05) is 23.4 Å². The van der Waals surface area contributed by atoms with E-state index in [0.717, 1.165) is 0 Å². The van der Waals surface area contributed by atoms with Crippen LogP contribution in [-0.2, 0) is 19.6 Å². The van der Waals surface area contributed by atoms with Crippen molar-refractivity contribution < 1.29 is 23.1 Å². The molecular formula is C18H22N2O5S. The molecule has 0 saturated carbocycles. The number of amides is 1. The third-order valence-electron chi connectivity index (χ3n) is 3.79. The topological polar surface area (TPSA) is 113 Å². The average molecular weight is 378 g/mol. The van der Waals surface area contributed by atoms with E-state index in [0.29, 0.717) is 16.5 Å². The summed E-state index contributed by atoms with van der Waals surface area (Å²) in [5.41, 5.74) is 0.490. The lowest BCUT2D eigenvalue weighted by molar-refractivity contribution is -0.139. The van der Waals surface area contributed by atoms with Crippen molar-refractivity contribution >= 4 is 38.4 Å². The minimum Gasteiger partial charge on any atom is -0.480 e. The lowest BCUT2D eigenvalue weighted by atomic mass is 10.1. The molecule has 0 heterocycles. The lowest BCUT2D eigenvalue weighted by Crippen LogP contribution is -2.41. The Morgan fingerprint density at radius 2 is 1.69 bits per heavy atom. The molecule has 0 saturated heterocycles. The van der Waals surface area contributed by atoms with Crippen LogP contribution in [0.1, 0.15) is 27.2 Å². The minimum atomic E-state index is -4.07. The smallest absolute Gasteiger partial charge is 0.321 e. The molecule has 0 aliphatic heterocycles. The Morgan fingerprint density at radius 1 is 1.08 bits per heavy atom. The van der Waals surface area contributed by atoms with Crippen molar-refractivity contribution in [3.8, 4) is 0 Å². The number of hydrogen-bond acceptors (Lipinski definition) is 4. The van der Waals surface area contributed by atoms with Crippen LogP contribution >= 0.6 is 0 Å². The minimum absolute atomic E-state index is 0.0117. The number of hydrogen-bond donors (Lipinski definition) is 3. The van der Waals surface area contributed by atoms with Gasteiger partial charge in [-0.3, -0.25) is 9.59 Å².